The summed E-state index contributed by atoms with van der Waals surface area (Å²) in [6, 6.07) is 0.877. The fraction of sp³-hybridized carbons (Fsp3) is 1.00. The average molecular weight is 213 g/mol. The molecule has 0 aromatic rings. The molecule has 0 aromatic heterocycles. The van der Waals surface area contributed by atoms with Gasteiger partial charge in [-0.3, -0.25) is 4.90 Å². The molecule has 2 fully saturated rings. The number of hydrogen-bond acceptors (Lipinski definition) is 2. The Morgan fingerprint density at radius 3 is 2.57 bits per heavy atom. The summed E-state index contributed by atoms with van der Waals surface area (Å²) >= 11 is 2.23. The van der Waals surface area contributed by atoms with E-state index in [2.05, 4.69) is 37.4 Å². The molecular weight excluding hydrogens is 190 g/mol. The van der Waals surface area contributed by atoms with Crippen LogP contribution in [0.5, 0.6) is 0 Å². The van der Waals surface area contributed by atoms with Gasteiger partial charge in [-0.05, 0) is 33.6 Å². The van der Waals surface area contributed by atoms with Gasteiger partial charge in [0.1, 0.15) is 0 Å². The highest BCUT2D eigenvalue weighted by Crippen LogP contribution is 2.38. The third-order valence-corrected chi connectivity index (χ3v) is 4.99. The molecule has 0 spiro atoms. The van der Waals surface area contributed by atoms with E-state index < -0.39 is 0 Å². The summed E-state index contributed by atoms with van der Waals surface area (Å²) in [4.78, 5) is 2.76. The molecule has 2 heteroatoms. The summed E-state index contributed by atoms with van der Waals surface area (Å²) in [5.41, 5.74) is 0.376. The van der Waals surface area contributed by atoms with E-state index in [0.29, 0.717) is 5.54 Å². The third-order valence-electron chi connectivity index (χ3n) is 3.59. The van der Waals surface area contributed by atoms with Crippen LogP contribution in [0, 0.1) is 0 Å². The molecule has 2 atom stereocenters. The predicted molar refractivity (Wildman–Crippen MR) is 65.0 cm³/mol. The topological polar surface area (TPSA) is 3.24 Å². The SMILES string of the molecule is CC(C)(C)N1CCSC2CCCCC21. The molecule has 82 valence electrons. The van der Waals surface area contributed by atoms with Crippen molar-refractivity contribution in [3.63, 3.8) is 0 Å². The molecule has 1 heterocycles. The van der Waals surface area contributed by atoms with E-state index in [1.165, 1.54) is 38.0 Å². The van der Waals surface area contributed by atoms with Gasteiger partial charge in [0, 0.05) is 29.1 Å². The average Bonchev–Trinajstić information content (AvgIpc) is 2.15. The monoisotopic (exact) mass is 213 g/mol. The summed E-state index contributed by atoms with van der Waals surface area (Å²) in [5, 5.41) is 0.941. The molecule has 1 saturated heterocycles. The molecule has 0 N–H and O–H groups in total. The van der Waals surface area contributed by atoms with Gasteiger partial charge in [-0.25, -0.2) is 0 Å². The van der Waals surface area contributed by atoms with E-state index in [4.69, 9.17) is 0 Å². The molecule has 14 heavy (non-hydrogen) atoms. The van der Waals surface area contributed by atoms with Gasteiger partial charge in [0.05, 0.1) is 0 Å². The maximum Gasteiger partial charge on any atom is 0.0220 e. The zero-order valence-electron chi connectivity index (χ0n) is 9.75. The van der Waals surface area contributed by atoms with Crippen LogP contribution < -0.4 is 0 Å². The second-order valence-corrected chi connectivity index (χ2v) is 6.97. The van der Waals surface area contributed by atoms with E-state index in [9.17, 15) is 0 Å². The Labute approximate surface area is 92.6 Å². The Balaban J connectivity index is 2.09. The van der Waals surface area contributed by atoms with Crippen molar-refractivity contribution in [3.8, 4) is 0 Å². The first-order chi connectivity index (χ1) is 6.59. The van der Waals surface area contributed by atoms with Gasteiger partial charge in [-0.2, -0.15) is 11.8 Å². The number of rotatable bonds is 0. The Hall–Kier alpha value is 0.310. The fourth-order valence-electron chi connectivity index (χ4n) is 2.93. The minimum Gasteiger partial charge on any atom is -0.294 e. The molecule has 0 aromatic carbocycles. The molecular formula is C12H23NS. The molecule has 1 nitrogen and oxygen atoms in total. The normalized spacial score (nSPS) is 35.4. The Morgan fingerprint density at radius 2 is 1.86 bits per heavy atom. The van der Waals surface area contributed by atoms with Crippen LogP contribution in [-0.2, 0) is 0 Å². The molecule has 1 aliphatic heterocycles. The first-order valence-corrected chi connectivity index (χ1v) is 7.02. The number of thioether (sulfide) groups is 1. The van der Waals surface area contributed by atoms with E-state index in [1.54, 1.807) is 0 Å². The molecule has 1 saturated carbocycles. The van der Waals surface area contributed by atoms with Crippen LogP contribution >= 0.6 is 11.8 Å². The predicted octanol–water partition coefficient (Wildman–Crippen LogP) is 3.14. The van der Waals surface area contributed by atoms with Gasteiger partial charge in [0.25, 0.3) is 0 Å². The maximum atomic E-state index is 2.76. The van der Waals surface area contributed by atoms with Crippen molar-refractivity contribution in [2.75, 3.05) is 12.3 Å². The van der Waals surface area contributed by atoms with Crippen molar-refractivity contribution in [1.29, 1.82) is 0 Å². The Morgan fingerprint density at radius 1 is 1.14 bits per heavy atom. The smallest absolute Gasteiger partial charge is 0.0220 e. The highest BCUT2D eigenvalue weighted by atomic mass is 32.2. The van der Waals surface area contributed by atoms with Crippen LogP contribution in [0.4, 0.5) is 0 Å². The van der Waals surface area contributed by atoms with Crippen LogP contribution in [0.3, 0.4) is 0 Å². The number of nitrogens with zero attached hydrogens (tertiary/aromatic N) is 1. The fourth-order valence-corrected chi connectivity index (χ4v) is 4.37. The highest BCUT2D eigenvalue weighted by Gasteiger charge is 2.38. The molecule has 0 bridgehead atoms. The maximum absolute atomic E-state index is 2.76. The summed E-state index contributed by atoms with van der Waals surface area (Å²) in [5.74, 6) is 1.35. The van der Waals surface area contributed by atoms with Crippen LogP contribution in [0.25, 0.3) is 0 Å². The molecule has 2 rings (SSSR count). The lowest BCUT2D eigenvalue weighted by atomic mass is 9.90. The molecule has 0 amide bonds. The summed E-state index contributed by atoms with van der Waals surface area (Å²) < 4.78 is 0. The second kappa shape index (κ2) is 4.05. The van der Waals surface area contributed by atoms with E-state index in [1.807, 2.05) is 0 Å². The van der Waals surface area contributed by atoms with Gasteiger partial charge in [-0.15, -0.1) is 0 Å². The summed E-state index contributed by atoms with van der Waals surface area (Å²) in [7, 11) is 0. The minimum atomic E-state index is 0.376. The van der Waals surface area contributed by atoms with Crippen LogP contribution in [0.1, 0.15) is 46.5 Å². The Bertz CT molecular complexity index is 195. The van der Waals surface area contributed by atoms with Crippen molar-refractivity contribution in [3.05, 3.63) is 0 Å². The molecule has 2 unspecified atom stereocenters. The van der Waals surface area contributed by atoms with Crippen LogP contribution in [0.2, 0.25) is 0 Å². The van der Waals surface area contributed by atoms with E-state index >= 15 is 0 Å². The molecule has 2 aliphatic rings. The van der Waals surface area contributed by atoms with Gasteiger partial charge >= 0.3 is 0 Å². The largest absolute Gasteiger partial charge is 0.294 e. The third kappa shape index (κ3) is 2.11. The summed E-state index contributed by atoms with van der Waals surface area (Å²) in [6.07, 6.45) is 5.82. The van der Waals surface area contributed by atoms with Gasteiger partial charge in [0.2, 0.25) is 0 Å². The lowest BCUT2D eigenvalue weighted by Gasteiger charge is -2.49. The molecule has 1 aliphatic carbocycles. The number of hydrogen-bond donors (Lipinski definition) is 0. The zero-order chi connectivity index (χ0) is 10.2. The van der Waals surface area contributed by atoms with Crippen molar-refractivity contribution in [1.82, 2.24) is 4.90 Å². The summed E-state index contributed by atoms with van der Waals surface area (Å²) in [6.45, 7) is 8.41. The highest BCUT2D eigenvalue weighted by molar-refractivity contribution is 8.00. The van der Waals surface area contributed by atoms with Gasteiger partial charge in [0.15, 0.2) is 0 Å². The molecule has 0 radical (unpaired) electrons. The van der Waals surface area contributed by atoms with E-state index in [0.717, 1.165) is 11.3 Å². The number of fused-ring (bicyclic) bond motifs is 1. The zero-order valence-corrected chi connectivity index (χ0v) is 10.6. The first kappa shape index (κ1) is 10.8. The standard InChI is InChI=1S/C12H23NS/c1-12(2,3)13-8-9-14-11-7-5-4-6-10(11)13/h10-11H,4-9H2,1-3H3. The minimum absolute atomic E-state index is 0.376. The Kier molecular flexibility index (Phi) is 3.13. The van der Waals surface area contributed by atoms with Crippen LogP contribution in [0.15, 0.2) is 0 Å². The van der Waals surface area contributed by atoms with Gasteiger partial charge in [-0.1, -0.05) is 12.8 Å². The quantitative estimate of drug-likeness (QED) is 0.608. The lowest BCUT2D eigenvalue weighted by molar-refractivity contribution is 0.0659. The first-order valence-electron chi connectivity index (χ1n) is 5.97. The van der Waals surface area contributed by atoms with Crippen molar-refractivity contribution in [2.45, 2.75) is 63.3 Å². The van der Waals surface area contributed by atoms with Crippen molar-refractivity contribution < 1.29 is 0 Å². The lowest BCUT2D eigenvalue weighted by Crippen LogP contribution is -2.56. The van der Waals surface area contributed by atoms with Crippen molar-refractivity contribution in [2.24, 2.45) is 0 Å². The second-order valence-electron chi connectivity index (χ2n) is 5.63. The van der Waals surface area contributed by atoms with Gasteiger partial charge < -0.3 is 0 Å². The van der Waals surface area contributed by atoms with Crippen LogP contribution in [-0.4, -0.2) is 34.0 Å². The van der Waals surface area contributed by atoms with E-state index in [-0.39, 0.29) is 0 Å². The van der Waals surface area contributed by atoms with Crippen molar-refractivity contribution >= 4 is 11.8 Å².